The summed E-state index contributed by atoms with van der Waals surface area (Å²) < 4.78 is 17.8. The van der Waals surface area contributed by atoms with Crippen molar-refractivity contribution in [1.82, 2.24) is 5.16 Å². The number of halogens is 1. The van der Waals surface area contributed by atoms with Gasteiger partial charge in [0.2, 0.25) is 0 Å². The van der Waals surface area contributed by atoms with Gasteiger partial charge in [-0.05, 0) is 19.1 Å². The average molecular weight is 179 g/mol. The summed E-state index contributed by atoms with van der Waals surface area (Å²) >= 11 is 0. The quantitative estimate of drug-likeness (QED) is 0.629. The summed E-state index contributed by atoms with van der Waals surface area (Å²) in [5, 5.41) is 4.19. The molecule has 0 aliphatic carbocycles. The minimum absolute atomic E-state index is 0.190. The number of rotatable bonds is 1. The maximum atomic E-state index is 12.9. The lowest BCUT2D eigenvalue weighted by Gasteiger charge is -1.92. The van der Waals surface area contributed by atoms with Crippen LogP contribution in [0.4, 0.5) is 4.39 Å². The van der Waals surface area contributed by atoms with Crippen molar-refractivity contribution in [3.8, 4) is 0 Å². The summed E-state index contributed by atoms with van der Waals surface area (Å²) in [5.74, 6) is -0.457. The molecule has 0 N–H and O–H groups in total. The maximum Gasteiger partial charge on any atom is 0.177 e. The van der Waals surface area contributed by atoms with E-state index in [4.69, 9.17) is 4.52 Å². The molecule has 66 valence electrons. The second-order valence-corrected chi connectivity index (χ2v) is 2.76. The molecule has 0 aliphatic heterocycles. The fourth-order valence-corrected chi connectivity index (χ4v) is 1.24. The molecule has 1 heterocycles. The molecule has 0 saturated heterocycles. The van der Waals surface area contributed by atoms with Crippen LogP contribution in [0, 0.1) is 12.7 Å². The van der Waals surface area contributed by atoms with Crippen LogP contribution in [-0.4, -0.2) is 11.4 Å². The Balaban J connectivity index is 2.91. The molecule has 3 nitrogen and oxygen atoms in total. The highest BCUT2D eigenvalue weighted by Gasteiger charge is 2.10. The van der Waals surface area contributed by atoms with Gasteiger partial charge in [-0.1, -0.05) is 5.16 Å². The fourth-order valence-electron chi connectivity index (χ4n) is 1.24. The Kier molecular flexibility index (Phi) is 1.62. The number of fused-ring (bicyclic) bond motifs is 1. The summed E-state index contributed by atoms with van der Waals surface area (Å²) in [4.78, 5) is 10.5. The molecule has 4 heteroatoms. The number of carbonyl (C=O) groups is 1. The van der Waals surface area contributed by atoms with Gasteiger partial charge in [-0.15, -0.1) is 0 Å². The molecule has 0 bridgehead atoms. The third kappa shape index (κ3) is 1.11. The van der Waals surface area contributed by atoms with Crippen LogP contribution in [0.25, 0.3) is 11.0 Å². The molecular formula is C9H6FNO2. The lowest BCUT2D eigenvalue weighted by molar-refractivity contribution is 0.112. The van der Waals surface area contributed by atoms with E-state index in [1.807, 2.05) is 0 Å². The van der Waals surface area contributed by atoms with Crippen molar-refractivity contribution in [3.63, 3.8) is 0 Å². The predicted molar refractivity (Wildman–Crippen MR) is 44.1 cm³/mol. The normalized spacial score (nSPS) is 10.6. The van der Waals surface area contributed by atoms with Gasteiger partial charge in [-0.3, -0.25) is 4.79 Å². The van der Waals surface area contributed by atoms with Gasteiger partial charge >= 0.3 is 0 Å². The number of carbonyl (C=O) groups excluding carboxylic acids is 1. The summed E-state index contributed by atoms with van der Waals surface area (Å²) in [6.45, 7) is 1.69. The van der Waals surface area contributed by atoms with Crippen LogP contribution in [0.15, 0.2) is 16.7 Å². The van der Waals surface area contributed by atoms with Crippen LogP contribution >= 0.6 is 0 Å². The second-order valence-electron chi connectivity index (χ2n) is 2.76. The molecule has 0 aliphatic rings. The number of aromatic nitrogens is 1. The van der Waals surface area contributed by atoms with Crippen molar-refractivity contribution in [2.45, 2.75) is 6.92 Å². The van der Waals surface area contributed by atoms with Crippen LogP contribution in [0.5, 0.6) is 0 Å². The summed E-state index contributed by atoms with van der Waals surface area (Å²) in [6.07, 6.45) is 0.552. The molecule has 13 heavy (non-hydrogen) atoms. The predicted octanol–water partition coefficient (Wildman–Crippen LogP) is 2.09. The zero-order valence-corrected chi connectivity index (χ0v) is 6.87. The number of hydrogen-bond donors (Lipinski definition) is 0. The topological polar surface area (TPSA) is 43.1 Å². The van der Waals surface area contributed by atoms with Gasteiger partial charge in [0.1, 0.15) is 5.82 Å². The number of benzene rings is 1. The van der Waals surface area contributed by atoms with E-state index >= 15 is 0 Å². The van der Waals surface area contributed by atoms with Crippen LogP contribution < -0.4 is 0 Å². The SMILES string of the molecule is Cc1noc2c(C=O)cc(F)cc12. The van der Waals surface area contributed by atoms with Crippen molar-refractivity contribution >= 4 is 17.3 Å². The first kappa shape index (κ1) is 7.91. The molecular weight excluding hydrogens is 173 g/mol. The Morgan fingerprint density at radius 1 is 1.54 bits per heavy atom. The van der Waals surface area contributed by atoms with E-state index in [1.165, 1.54) is 6.07 Å². The Hall–Kier alpha value is -1.71. The van der Waals surface area contributed by atoms with Crippen molar-refractivity contribution in [2.75, 3.05) is 0 Å². The smallest absolute Gasteiger partial charge is 0.177 e. The molecule has 0 atom stereocenters. The highest BCUT2D eigenvalue weighted by atomic mass is 19.1. The second kappa shape index (κ2) is 2.65. The molecule has 0 saturated carbocycles. The minimum Gasteiger partial charge on any atom is -0.355 e. The van der Waals surface area contributed by atoms with E-state index in [2.05, 4.69) is 5.16 Å². The Morgan fingerprint density at radius 3 is 3.00 bits per heavy atom. The molecule has 0 amide bonds. The van der Waals surface area contributed by atoms with Crippen LogP contribution in [0.3, 0.4) is 0 Å². The summed E-state index contributed by atoms with van der Waals surface area (Å²) in [7, 11) is 0. The van der Waals surface area contributed by atoms with Gasteiger partial charge < -0.3 is 4.52 Å². The van der Waals surface area contributed by atoms with E-state index in [0.29, 0.717) is 22.9 Å². The molecule has 2 rings (SSSR count). The van der Waals surface area contributed by atoms with E-state index in [9.17, 15) is 9.18 Å². The Morgan fingerprint density at radius 2 is 2.31 bits per heavy atom. The largest absolute Gasteiger partial charge is 0.355 e. The number of aryl methyl sites for hydroxylation is 1. The summed E-state index contributed by atoms with van der Waals surface area (Å²) in [6, 6.07) is 2.42. The highest BCUT2D eigenvalue weighted by molar-refractivity contribution is 5.95. The number of nitrogens with zero attached hydrogens (tertiary/aromatic N) is 1. The maximum absolute atomic E-state index is 12.9. The summed E-state index contributed by atoms with van der Waals surface area (Å²) in [5.41, 5.74) is 1.11. The van der Waals surface area contributed by atoms with Gasteiger partial charge in [-0.2, -0.15) is 0 Å². The van der Waals surface area contributed by atoms with Crippen LogP contribution in [0.2, 0.25) is 0 Å². The van der Waals surface area contributed by atoms with E-state index in [1.54, 1.807) is 6.92 Å². The third-order valence-electron chi connectivity index (χ3n) is 1.87. The van der Waals surface area contributed by atoms with Crippen LogP contribution in [0.1, 0.15) is 16.1 Å². The van der Waals surface area contributed by atoms with Gasteiger partial charge in [-0.25, -0.2) is 4.39 Å². The van der Waals surface area contributed by atoms with Gasteiger partial charge in [0.05, 0.1) is 11.3 Å². The minimum atomic E-state index is -0.457. The highest BCUT2D eigenvalue weighted by Crippen LogP contribution is 2.22. The molecule has 0 radical (unpaired) electrons. The fraction of sp³-hybridized carbons (Fsp3) is 0.111. The van der Waals surface area contributed by atoms with Crippen molar-refractivity contribution in [3.05, 3.63) is 29.2 Å². The molecule has 1 aromatic carbocycles. The number of aldehydes is 1. The molecule has 2 aromatic rings. The van der Waals surface area contributed by atoms with Gasteiger partial charge in [0, 0.05) is 5.39 Å². The molecule has 0 spiro atoms. The zero-order valence-electron chi connectivity index (χ0n) is 6.87. The van der Waals surface area contributed by atoms with Crippen LogP contribution in [-0.2, 0) is 0 Å². The molecule has 0 unspecified atom stereocenters. The molecule has 1 aromatic heterocycles. The lowest BCUT2D eigenvalue weighted by atomic mass is 10.1. The van der Waals surface area contributed by atoms with E-state index in [-0.39, 0.29) is 5.56 Å². The zero-order chi connectivity index (χ0) is 9.42. The first-order valence-electron chi connectivity index (χ1n) is 3.73. The van der Waals surface area contributed by atoms with E-state index < -0.39 is 5.82 Å². The van der Waals surface area contributed by atoms with Gasteiger partial charge in [0.25, 0.3) is 0 Å². The Bertz CT molecular complexity index is 476. The van der Waals surface area contributed by atoms with E-state index in [0.717, 1.165) is 6.07 Å². The van der Waals surface area contributed by atoms with Crippen molar-refractivity contribution < 1.29 is 13.7 Å². The molecule has 0 fully saturated rings. The monoisotopic (exact) mass is 179 g/mol. The first-order valence-corrected chi connectivity index (χ1v) is 3.73. The number of hydrogen-bond acceptors (Lipinski definition) is 3. The lowest BCUT2D eigenvalue weighted by Crippen LogP contribution is -1.83. The average Bonchev–Trinajstić information content (AvgIpc) is 2.47. The standard InChI is InChI=1S/C9H6FNO2/c1-5-8-3-7(10)2-6(4-12)9(8)13-11-5/h2-4H,1H3. The Labute approximate surface area is 73.1 Å². The first-order chi connectivity index (χ1) is 6.22. The third-order valence-corrected chi connectivity index (χ3v) is 1.87. The van der Waals surface area contributed by atoms with Gasteiger partial charge in [0.15, 0.2) is 11.9 Å². The van der Waals surface area contributed by atoms with Crippen molar-refractivity contribution in [2.24, 2.45) is 0 Å². The van der Waals surface area contributed by atoms with Crippen molar-refractivity contribution in [1.29, 1.82) is 0 Å².